The Morgan fingerprint density at radius 1 is 0.758 bits per heavy atom. The molecule has 1 N–H and O–H groups in total. The van der Waals surface area contributed by atoms with Gasteiger partial charge in [-0.15, -0.1) is 0 Å². The number of hydrogen-bond donors (Lipinski definition) is 1. The van der Waals surface area contributed by atoms with Crippen molar-refractivity contribution in [2.45, 2.75) is 45.0 Å². The normalized spacial score (nSPS) is 22.7. The molecule has 5 rings (SSSR count). The van der Waals surface area contributed by atoms with Gasteiger partial charge in [-0.1, -0.05) is 109 Å². The van der Waals surface area contributed by atoms with Crippen LogP contribution in [-0.4, -0.2) is 10.0 Å². The van der Waals surface area contributed by atoms with Crippen LogP contribution in [0.1, 0.15) is 51.1 Å². The van der Waals surface area contributed by atoms with E-state index in [9.17, 15) is 5.11 Å². The van der Waals surface area contributed by atoms with Gasteiger partial charge in [0.1, 0.15) is 6.10 Å². The van der Waals surface area contributed by atoms with E-state index in [1.165, 1.54) is 16.7 Å². The predicted molar refractivity (Wildman–Crippen MR) is 135 cm³/mol. The quantitative estimate of drug-likeness (QED) is 0.338. The van der Waals surface area contributed by atoms with E-state index in [1.54, 1.807) is 0 Å². The van der Waals surface area contributed by atoms with Crippen LogP contribution < -0.4 is 0 Å². The Kier molecular flexibility index (Phi) is 5.65. The zero-order valence-electron chi connectivity index (χ0n) is 19.6. The minimum Gasteiger partial charge on any atom is -0.386 e. The van der Waals surface area contributed by atoms with E-state index in [1.807, 2.05) is 6.07 Å². The van der Waals surface area contributed by atoms with Gasteiger partial charge in [-0.3, -0.25) is 4.90 Å². The topological polar surface area (TPSA) is 23.2 Å². The summed E-state index contributed by atoms with van der Waals surface area (Å²) >= 11 is 0. The van der Waals surface area contributed by atoms with Crippen LogP contribution in [0.2, 0.25) is 0 Å². The van der Waals surface area contributed by atoms with Crippen LogP contribution in [0.25, 0.3) is 0 Å². The number of hydrogen-bond acceptors (Lipinski definition) is 2. The third kappa shape index (κ3) is 3.70. The van der Waals surface area contributed by atoms with Crippen molar-refractivity contribution in [3.63, 3.8) is 0 Å². The van der Waals surface area contributed by atoms with Gasteiger partial charge < -0.3 is 5.11 Å². The number of aliphatic hydroxyl groups is 1. The van der Waals surface area contributed by atoms with Gasteiger partial charge in [0.2, 0.25) is 0 Å². The number of rotatable bonds is 6. The fourth-order valence-electron chi connectivity index (χ4n) is 5.77. The van der Waals surface area contributed by atoms with Gasteiger partial charge in [0.25, 0.3) is 0 Å². The van der Waals surface area contributed by atoms with Crippen molar-refractivity contribution in [2.24, 2.45) is 0 Å². The van der Waals surface area contributed by atoms with Gasteiger partial charge in [0.05, 0.1) is 11.6 Å². The fraction of sp³-hybridized carbons (Fsp3) is 0.226. The van der Waals surface area contributed by atoms with Crippen molar-refractivity contribution in [1.82, 2.24) is 4.90 Å². The molecule has 1 fully saturated rings. The smallest absolute Gasteiger partial charge is 0.104 e. The molecule has 1 aliphatic rings. The Bertz CT molecular complexity index is 1210. The molecule has 2 nitrogen and oxygen atoms in total. The Labute approximate surface area is 197 Å². The van der Waals surface area contributed by atoms with Crippen LogP contribution in [0, 0.1) is 20.8 Å². The lowest BCUT2D eigenvalue weighted by molar-refractivity contribution is 0.0996. The molecular formula is C31H31NO. The average Bonchev–Trinajstić information content (AvgIpc) is 3.49. The largest absolute Gasteiger partial charge is 0.386 e. The molecule has 1 heterocycles. The van der Waals surface area contributed by atoms with Crippen LogP contribution in [-0.2, 0) is 12.1 Å². The molecule has 0 bridgehead atoms. The van der Waals surface area contributed by atoms with Crippen molar-refractivity contribution in [3.05, 3.63) is 142 Å². The molecule has 0 saturated carbocycles. The molecule has 0 aromatic heterocycles. The maximum Gasteiger partial charge on any atom is 0.104 e. The van der Waals surface area contributed by atoms with Crippen LogP contribution >= 0.6 is 0 Å². The molecule has 4 atom stereocenters. The second-order valence-electron chi connectivity index (χ2n) is 9.33. The lowest BCUT2D eigenvalue weighted by Crippen LogP contribution is -2.27. The maximum atomic E-state index is 12.3. The highest BCUT2D eigenvalue weighted by atomic mass is 16.3. The first-order valence-electron chi connectivity index (χ1n) is 11.7. The summed E-state index contributed by atoms with van der Waals surface area (Å²) in [5.74, 6) is 0. The molecule has 33 heavy (non-hydrogen) atoms. The van der Waals surface area contributed by atoms with Gasteiger partial charge >= 0.3 is 0 Å². The zero-order valence-corrected chi connectivity index (χ0v) is 19.6. The van der Waals surface area contributed by atoms with E-state index >= 15 is 0 Å². The minimum absolute atomic E-state index is 0.0800. The number of nitrogens with zero attached hydrogens (tertiary/aromatic N) is 1. The Hall–Kier alpha value is -3.20. The summed E-state index contributed by atoms with van der Waals surface area (Å²) < 4.78 is 0. The van der Waals surface area contributed by atoms with E-state index in [0.29, 0.717) is 0 Å². The van der Waals surface area contributed by atoms with Gasteiger partial charge in [0.15, 0.2) is 0 Å². The first-order valence-corrected chi connectivity index (χ1v) is 11.7. The van der Waals surface area contributed by atoms with E-state index in [-0.39, 0.29) is 6.04 Å². The number of benzene rings is 4. The second-order valence-corrected chi connectivity index (χ2v) is 9.33. The third-order valence-electron chi connectivity index (χ3n) is 7.11. The monoisotopic (exact) mass is 433 g/mol. The van der Waals surface area contributed by atoms with Crippen LogP contribution in [0.4, 0.5) is 0 Å². The zero-order chi connectivity index (χ0) is 23.0. The van der Waals surface area contributed by atoms with Crippen molar-refractivity contribution in [3.8, 4) is 0 Å². The summed E-state index contributed by atoms with van der Waals surface area (Å²) in [4.78, 5) is 2.47. The van der Waals surface area contributed by atoms with Gasteiger partial charge in [0, 0.05) is 6.54 Å². The molecular weight excluding hydrogens is 402 g/mol. The fourth-order valence-corrected chi connectivity index (χ4v) is 5.77. The molecule has 2 heteroatoms. The minimum atomic E-state index is -0.658. The summed E-state index contributed by atoms with van der Waals surface area (Å²) in [7, 11) is 0. The first-order chi connectivity index (χ1) is 16.0. The van der Waals surface area contributed by atoms with E-state index < -0.39 is 11.6 Å². The molecule has 0 radical (unpaired) electrons. The standard InChI is InChI=1S/C31H31NO/c1-22-19-23(2)28(24(3)20-22)30(33)31(27-17-11-6-12-18-27)29(26-15-9-5-10-16-26)32(31)21-25-13-7-4-8-14-25/h4-20,29-30,33H,21H2,1-3H3/t29-,30-,31-,32?/m0/s1. The molecule has 1 unspecified atom stereocenters. The first kappa shape index (κ1) is 21.6. The lowest BCUT2D eigenvalue weighted by Gasteiger charge is -2.28. The summed E-state index contributed by atoms with van der Waals surface area (Å²) in [5, 5.41) is 12.3. The van der Waals surface area contributed by atoms with Crippen LogP contribution in [0.5, 0.6) is 0 Å². The molecule has 0 spiro atoms. The van der Waals surface area contributed by atoms with Crippen molar-refractivity contribution >= 4 is 0 Å². The second kappa shape index (κ2) is 8.62. The van der Waals surface area contributed by atoms with Gasteiger partial charge in [-0.05, 0) is 54.2 Å². The molecule has 0 amide bonds. The van der Waals surface area contributed by atoms with E-state index in [2.05, 4.69) is 123 Å². The molecule has 4 aromatic carbocycles. The maximum absolute atomic E-state index is 12.3. The number of aliphatic hydroxyl groups excluding tert-OH is 1. The molecule has 0 aliphatic carbocycles. The van der Waals surface area contributed by atoms with Crippen molar-refractivity contribution in [1.29, 1.82) is 0 Å². The third-order valence-corrected chi connectivity index (χ3v) is 7.11. The predicted octanol–water partition coefficient (Wildman–Crippen LogP) is 6.80. The highest BCUT2D eigenvalue weighted by molar-refractivity contribution is 5.49. The Morgan fingerprint density at radius 2 is 1.27 bits per heavy atom. The molecule has 1 aliphatic heterocycles. The summed E-state index contributed by atoms with van der Waals surface area (Å²) in [5.41, 5.74) is 7.67. The summed E-state index contributed by atoms with van der Waals surface area (Å²) in [6, 6.07) is 36.2. The van der Waals surface area contributed by atoms with Crippen molar-refractivity contribution in [2.75, 3.05) is 0 Å². The summed E-state index contributed by atoms with van der Waals surface area (Å²) in [6.07, 6.45) is -0.658. The summed E-state index contributed by atoms with van der Waals surface area (Å²) in [6.45, 7) is 7.14. The van der Waals surface area contributed by atoms with Crippen molar-refractivity contribution < 1.29 is 5.11 Å². The number of aryl methyl sites for hydroxylation is 3. The molecule has 4 aromatic rings. The van der Waals surface area contributed by atoms with Gasteiger partial charge in [-0.25, -0.2) is 0 Å². The molecule has 166 valence electrons. The van der Waals surface area contributed by atoms with Gasteiger partial charge in [-0.2, -0.15) is 0 Å². The van der Waals surface area contributed by atoms with E-state index in [4.69, 9.17) is 0 Å². The Morgan fingerprint density at radius 3 is 1.85 bits per heavy atom. The molecule has 1 saturated heterocycles. The average molecular weight is 434 g/mol. The van der Waals surface area contributed by atoms with Crippen LogP contribution in [0.15, 0.2) is 103 Å². The lowest BCUT2D eigenvalue weighted by atomic mass is 9.80. The SMILES string of the molecule is Cc1cc(C)c([C@H](O)[C@]2(c3ccccc3)[C@H](c3ccccc3)N2Cc2ccccc2)c(C)c1. The highest BCUT2D eigenvalue weighted by Crippen LogP contribution is 2.67. The van der Waals surface area contributed by atoms with E-state index in [0.717, 1.165) is 28.8 Å². The van der Waals surface area contributed by atoms with Crippen LogP contribution in [0.3, 0.4) is 0 Å². The Balaban J connectivity index is 1.70. The highest BCUT2D eigenvalue weighted by Gasteiger charge is 2.68.